The summed E-state index contributed by atoms with van der Waals surface area (Å²) >= 11 is 0. The molecule has 0 N–H and O–H groups in total. The van der Waals surface area contributed by atoms with Gasteiger partial charge in [0.05, 0.1) is 18.8 Å². The summed E-state index contributed by atoms with van der Waals surface area (Å²) in [5, 5.41) is 9.75. The number of ether oxygens (including phenoxy) is 1. The fourth-order valence-corrected chi connectivity index (χ4v) is 6.33. The van der Waals surface area contributed by atoms with Crippen LogP contribution in [0, 0.1) is 0 Å². The van der Waals surface area contributed by atoms with E-state index in [1.54, 1.807) is 0 Å². The van der Waals surface area contributed by atoms with Gasteiger partial charge >= 0.3 is 0 Å². The fourth-order valence-electron chi connectivity index (χ4n) is 6.33. The van der Waals surface area contributed by atoms with E-state index >= 15 is 0 Å². The number of fused-ring (bicyclic) bond motifs is 2. The molecule has 3 aliphatic rings. The Balaban J connectivity index is 1.45. The first kappa shape index (κ1) is 24.2. The molecule has 1 amide bonds. The predicted molar refractivity (Wildman–Crippen MR) is 144 cm³/mol. The van der Waals surface area contributed by atoms with E-state index in [1.807, 2.05) is 29.7 Å². The molecule has 1 saturated heterocycles. The van der Waals surface area contributed by atoms with Crippen molar-refractivity contribution in [2.24, 2.45) is 7.05 Å². The van der Waals surface area contributed by atoms with Gasteiger partial charge in [0.2, 0.25) is 5.91 Å². The van der Waals surface area contributed by atoms with E-state index < -0.39 is 0 Å². The molecule has 6 rings (SSSR count). The highest BCUT2D eigenvalue weighted by Gasteiger charge is 2.34. The molecule has 196 valence electrons. The third-order valence-corrected chi connectivity index (χ3v) is 8.33. The number of nitrogens with zero attached hydrogens (tertiary/aromatic N) is 6. The van der Waals surface area contributed by atoms with Gasteiger partial charge in [0.1, 0.15) is 0 Å². The molecular weight excluding hydrogens is 464 g/mol. The molecule has 0 aliphatic carbocycles. The largest absolute Gasteiger partial charge is 0.381 e. The van der Waals surface area contributed by atoms with Crippen molar-refractivity contribution in [2.45, 2.75) is 71.4 Å². The molecule has 0 unspecified atom stereocenters. The zero-order chi connectivity index (χ0) is 25.5. The van der Waals surface area contributed by atoms with E-state index in [-0.39, 0.29) is 5.91 Å². The number of benzene rings is 1. The highest BCUT2D eigenvalue weighted by molar-refractivity contribution is 5.78. The van der Waals surface area contributed by atoms with Crippen LogP contribution in [0.15, 0.2) is 24.5 Å². The first-order chi connectivity index (χ1) is 18.1. The Bertz CT molecular complexity index is 1300. The van der Waals surface area contributed by atoms with Crippen molar-refractivity contribution < 1.29 is 9.53 Å². The van der Waals surface area contributed by atoms with Crippen LogP contribution in [-0.2, 0) is 42.4 Å². The molecular formula is C29H38N6O2. The first-order valence-corrected chi connectivity index (χ1v) is 14.0. The van der Waals surface area contributed by atoms with E-state index in [4.69, 9.17) is 9.84 Å². The summed E-state index contributed by atoms with van der Waals surface area (Å²) in [5.74, 6) is 1.27. The van der Waals surface area contributed by atoms with Crippen LogP contribution in [0.3, 0.4) is 0 Å². The Morgan fingerprint density at radius 3 is 2.70 bits per heavy atom. The normalized spacial score (nSPS) is 18.1. The standard InChI is InChI=1S/C29H38N6O2/c1-4-20-16-27-21(15-24(20)22-17-30-32(3)18-22)7-6-11-34(27)29-25-19-33(28(36)5-2)12-8-26(25)35(31-29)23-9-13-37-14-10-23/h15-18,23H,4-14,19H2,1-3H3. The third kappa shape index (κ3) is 4.35. The molecule has 0 radical (unpaired) electrons. The van der Waals surface area contributed by atoms with E-state index in [2.05, 4.69) is 39.9 Å². The Hall–Kier alpha value is -3.13. The van der Waals surface area contributed by atoms with E-state index in [1.165, 1.54) is 39.2 Å². The maximum atomic E-state index is 12.7. The Kier molecular flexibility index (Phi) is 6.53. The van der Waals surface area contributed by atoms with Gasteiger partial charge in [-0.25, -0.2) is 0 Å². The molecule has 0 bridgehead atoms. The van der Waals surface area contributed by atoms with Gasteiger partial charge < -0.3 is 14.5 Å². The number of carbonyl (C=O) groups excluding carboxylic acids is 1. The lowest BCUT2D eigenvalue weighted by Gasteiger charge is -2.33. The minimum atomic E-state index is 0.226. The summed E-state index contributed by atoms with van der Waals surface area (Å²) in [4.78, 5) is 17.2. The molecule has 8 nitrogen and oxygen atoms in total. The SMILES string of the molecule is CCC(=O)N1CCc2c(c(N3CCCc4cc(-c5cnn(C)c5)c(CC)cc43)nn2C2CCOCC2)C1. The Morgan fingerprint density at radius 1 is 1.14 bits per heavy atom. The van der Waals surface area contributed by atoms with E-state index in [0.717, 1.165) is 70.6 Å². The highest BCUT2D eigenvalue weighted by atomic mass is 16.5. The average molecular weight is 503 g/mol. The number of rotatable bonds is 5. The second-order valence-electron chi connectivity index (χ2n) is 10.6. The van der Waals surface area contributed by atoms with Crippen LogP contribution < -0.4 is 4.90 Å². The second-order valence-corrected chi connectivity index (χ2v) is 10.6. The molecule has 0 spiro atoms. The summed E-state index contributed by atoms with van der Waals surface area (Å²) in [6, 6.07) is 5.13. The smallest absolute Gasteiger partial charge is 0.222 e. The van der Waals surface area contributed by atoms with Crippen LogP contribution >= 0.6 is 0 Å². The molecule has 3 aliphatic heterocycles. The number of aromatic nitrogens is 4. The molecule has 3 aromatic rings. The van der Waals surface area contributed by atoms with Crippen molar-refractivity contribution in [3.63, 3.8) is 0 Å². The van der Waals surface area contributed by atoms with E-state index in [9.17, 15) is 4.79 Å². The monoisotopic (exact) mass is 502 g/mol. The molecule has 2 aromatic heterocycles. The van der Waals surface area contributed by atoms with Crippen LogP contribution in [0.5, 0.6) is 0 Å². The second kappa shape index (κ2) is 9.97. The van der Waals surface area contributed by atoms with E-state index in [0.29, 0.717) is 19.0 Å². The number of carbonyl (C=O) groups is 1. The van der Waals surface area contributed by atoms with Gasteiger partial charge in [0, 0.05) is 74.9 Å². The molecule has 8 heteroatoms. The zero-order valence-electron chi connectivity index (χ0n) is 22.4. The first-order valence-electron chi connectivity index (χ1n) is 14.0. The highest BCUT2D eigenvalue weighted by Crippen LogP contribution is 2.42. The summed E-state index contributed by atoms with van der Waals surface area (Å²) < 4.78 is 9.84. The summed E-state index contributed by atoms with van der Waals surface area (Å²) in [7, 11) is 1.97. The predicted octanol–water partition coefficient (Wildman–Crippen LogP) is 4.58. The maximum absolute atomic E-state index is 12.7. The number of hydrogen-bond donors (Lipinski definition) is 0. The van der Waals surface area contributed by atoms with Crippen molar-refractivity contribution in [3.8, 4) is 11.1 Å². The quantitative estimate of drug-likeness (QED) is 0.511. The van der Waals surface area contributed by atoms with Gasteiger partial charge in [0.15, 0.2) is 5.82 Å². The van der Waals surface area contributed by atoms with Gasteiger partial charge in [-0.3, -0.25) is 14.2 Å². The lowest BCUT2D eigenvalue weighted by atomic mass is 9.92. The number of amides is 1. The molecule has 5 heterocycles. The zero-order valence-corrected chi connectivity index (χ0v) is 22.4. The minimum Gasteiger partial charge on any atom is -0.381 e. The number of aryl methyl sites for hydroxylation is 3. The van der Waals surface area contributed by atoms with Gasteiger partial charge in [-0.2, -0.15) is 10.2 Å². The van der Waals surface area contributed by atoms with Crippen LogP contribution in [-0.4, -0.2) is 56.7 Å². The van der Waals surface area contributed by atoms with Gasteiger partial charge in [-0.15, -0.1) is 0 Å². The average Bonchev–Trinajstić information content (AvgIpc) is 3.55. The van der Waals surface area contributed by atoms with Crippen molar-refractivity contribution in [2.75, 3.05) is 31.2 Å². The minimum absolute atomic E-state index is 0.226. The van der Waals surface area contributed by atoms with Crippen molar-refractivity contribution in [1.29, 1.82) is 0 Å². The lowest BCUT2D eigenvalue weighted by molar-refractivity contribution is -0.131. The van der Waals surface area contributed by atoms with Gasteiger partial charge in [-0.05, 0) is 60.9 Å². The van der Waals surface area contributed by atoms with Crippen molar-refractivity contribution >= 4 is 17.4 Å². The molecule has 1 fully saturated rings. The fraction of sp³-hybridized carbons (Fsp3) is 0.552. The number of anilines is 2. The van der Waals surface area contributed by atoms with Crippen molar-refractivity contribution in [3.05, 3.63) is 46.9 Å². The Morgan fingerprint density at radius 2 is 1.97 bits per heavy atom. The van der Waals surface area contributed by atoms with Crippen molar-refractivity contribution in [1.82, 2.24) is 24.5 Å². The van der Waals surface area contributed by atoms with Crippen LogP contribution in [0.4, 0.5) is 11.5 Å². The maximum Gasteiger partial charge on any atom is 0.222 e. The van der Waals surface area contributed by atoms with Crippen LogP contribution in [0.2, 0.25) is 0 Å². The molecule has 37 heavy (non-hydrogen) atoms. The van der Waals surface area contributed by atoms with Gasteiger partial charge in [-0.1, -0.05) is 13.8 Å². The van der Waals surface area contributed by atoms with Crippen LogP contribution in [0.25, 0.3) is 11.1 Å². The third-order valence-electron chi connectivity index (χ3n) is 8.33. The summed E-state index contributed by atoms with van der Waals surface area (Å²) in [6.07, 6.45) is 10.6. The Labute approximate surface area is 219 Å². The summed E-state index contributed by atoms with van der Waals surface area (Å²) in [5.41, 5.74) is 8.99. The molecule has 0 atom stereocenters. The lowest BCUT2D eigenvalue weighted by Crippen LogP contribution is -2.37. The van der Waals surface area contributed by atoms with Crippen LogP contribution in [0.1, 0.15) is 68.0 Å². The topological polar surface area (TPSA) is 68.4 Å². The van der Waals surface area contributed by atoms with Gasteiger partial charge in [0.25, 0.3) is 0 Å². The number of hydrogen-bond acceptors (Lipinski definition) is 5. The molecule has 1 aromatic carbocycles. The molecule has 0 saturated carbocycles. The summed E-state index contributed by atoms with van der Waals surface area (Å²) in [6.45, 7) is 8.14.